The van der Waals surface area contributed by atoms with Crippen LogP contribution in [0.25, 0.3) is 0 Å². The smallest absolute Gasteiger partial charge is 0.331 e. The quantitative estimate of drug-likeness (QED) is 0.878. The van der Waals surface area contributed by atoms with Gasteiger partial charge in [-0.1, -0.05) is 0 Å². The van der Waals surface area contributed by atoms with Gasteiger partial charge in [0.15, 0.2) is 0 Å². The van der Waals surface area contributed by atoms with Crippen molar-refractivity contribution in [2.45, 2.75) is 50.4 Å². The lowest BCUT2D eigenvalue weighted by atomic mass is 9.92. The van der Waals surface area contributed by atoms with Gasteiger partial charge in [-0.2, -0.15) is 18.3 Å². The lowest BCUT2D eigenvalue weighted by Gasteiger charge is -2.42. The van der Waals surface area contributed by atoms with E-state index in [1.54, 1.807) is 4.90 Å². The molecule has 0 aliphatic carbocycles. The average molecular weight is 378 g/mol. The summed E-state index contributed by atoms with van der Waals surface area (Å²) in [5.41, 5.74) is -0.486. The van der Waals surface area contributed by atoms with E-state index in [1.165, 1.54) is 12.3 Å². The first-order valence-corrected chi connectivity index (χ1v) is 10.2. The zero-order valence-electron chi connectivity index (χ0n) is 13.7. The van der Waals surface area contributed by atoms with E-state index in [0.29, 0.717) is 31.6 Å². The third-order valence-corrected chi connectivity index (χ3v) is 6.95. The van der Waals surface area contributed by atoms with Gasteiger partial charge in [-0.25, -0.2) is 4.21 Å². The van der Waals surface area contributed by atoms with E-state index in [9.17, 15) is 22.2 Å². The van der Waals surface area contributed by atoms with Crippen molar-refractivity contribution in [1.82, 2.24) is 14.7 Å². The lowest BCUT2D eigenvalue weighted by molar-refractivity contribution is -0.137. The normalized spacial score (nSPS) is 30.1. The highest BCUT2D eigenvalue weighted by atomic mass is 32.2. The fraction of sp³-hybridized carbons (Fsp3) is 0.733. The number of nitrogens with zero attached hydrogens (tertiary/aromatic N) is 3. The minimum atomic E-state index is -4.32. The molecule has 140 valence electrons. The molecule has 1 spiro atoms. The summed E-state index contributed by atoms with van der Waals surface area (Å²) in [6.07, 6.45) is -1.31. The maximum atomic E-state index is 13.0. The Morgan fingerprint density at radius 1 is 1.36 bits per heavy atom. The fourth-order valence-electron chi connectivity index (χ4n) is 3.94. The Labute approximate surface area is 144 Å². The largest absolute Gasteiger partial charge is 0.390 e. The number of alkyl halides is 3. The molecule has 2 aliphatic heterocycles. The summed E-state index contributed by atoms with van der Waals surface area (Å²) in [5.74, 6) is 0.122. The number of nitrogens with one attached hydrogen (secondary N) is 1. The maximum Gasteiger partial charge on any atom is 0.390 e. The Hall–Kier alpha value is -1.58. The van der Waals surface area contributed by atoms with E-state index in [-0.39, 0.29) is 17.4 Å². The van der Waals surface area contributed by atoms with Crippen LogP contribution in [0.3, 0.4) is 0 Å². The van der Waals surface area contributed by atoms with E-state index in [1.807, 2.05) is 0 Å². The molecule has 2 saturated heterocycles. The van der Waals surface area contributed by atoms with Crippen LogP contribution in [0.1, 0.15) is 42.6 Å². The van der Waals surface area contributed by atoms with Gasteiger partial charge >= 0.3 is 6.18 Å². The van der Waals surface area contributed by atoms with E-state index in [2.05, 4.69) is 5.10 Å². The van der Waals surface area contributed by atoms with Crippen LogP contribution in [-0.4, -0.2) is 54.6 Å². The van der Waals surface area contributed by atoms with Crippen molar-refractivity contribution in [3.05, 3.63) is 18.0 Å². The van der Waals surface area contributed by atoms with Crippen LogP contribution in [0.4, 0.5) is 13.2 Å². The van der Waals surface area contributed by atoms with Gasteiger partial charge in [0.2, 0.25) is 0 Å². The van der Waals surface area contributed by atoms with Gasteiger partial charge in [-0.05, 0) is 31.7 Å². The van der Waals surface area contributed by atoms with Crippen LogP contribution in [0.15, 0.2) is 12.3 Å². The number of aromatic nitrogens is 2. The standard InChI is InChI=1S/C15H21F3N4O2S/c16-15(17,18)6-9-22-12(3-7-20-22)13(23)21-8-1-4-14(21)5-2-10-25(19,24)11-14/h3,7,19H,1-2,4-6,8-11H2. The van der Waals surface area contributed by atoms with Gasteiger partial charge in [-0.3, -0.25) is 14.3 Å². The monoisotopic (exact) mass is 378 g/mol. The van der Waals surface area contributed by atoms with Crippen molar-refractivity contribution in [2.24, 2.45) is 0 Å². The first-order chi connectivity index (χ1) is 11.6. The Balaban J connectivity index is 1.82. The number of aryl methyl sites for hydroxylation is 1. The van der Waals surface area contributed by atoms with Gasteiger partial charge in [0.25, 0.3) is 5.91 Å². The molecule has 2 fully saturated rings. The van der Waals surface area contributed by atoms with Crippen molar-refractivity contribution in [3.8, 4) is 0 Å². The molecular formula is C15H21F3N4O2S. The van der Waals surface area contributed by atoms with Crippen molar-refractivity contribution in [1.29, 1.82) is 4.78 Å². The first kappa shape index (κ1) is 18.2. The summed E-state index contributed by atoms with van der Waals surface area (Å²) in [6, 6.07) is 1.42. The maximum absolute atomic E-state index is 13.0. The van der Waals surface area contributed by atoms with Crippen LogP contribution in [0.5, 0.6) is 0 Å². The van der Waals surface area contributed by atoms with E-state index >= 15 is 0 Å². The average Bonchev–Trinajstić information content (AvgIpc) is 3.09. The van der Waals surface area contributed by atoms with Gasteiger partial charge in [0, 0.05) is 28.2 Å². The number of likely N-dealkylation sites (tertiary alicyclic amines) is 1. The van der Waals surface area contributed by atoms with E-state index < -0.39 is 34.4 Å². The molecule has 0 bridgehead atoms. The van der Waals surface area contributed by atoms with E-state index in [4.69, 9.17) is 4.78 Å². The number of hydrogen-bond donors (Lipinski definition) is 1. The Morgan fingerprint density at radius 3 is 2.76 bits per heavy atom. The lowest BCUT2D eigenvalue weighted by Crippen LogP contribution is -2.54. The second kappa shape index (κ2) is 6.30. The topological polar surface area (TPSA) is 79.1 Å². The van der Waals surface area contributed by atoms with Crippen molar-refractivity contribution < 1.29 is 22.2 Å². The third kappa shape index (κ3) is 3.83. The molecule has 2 atom stereocenters. The van der Waals surface area contributed by atoms with Gasteiger partial charge in [0.1, 0.15) is 5.69 Å². The Bertz CT molecular complexity index is 759. The molecule has 1 N–H and O–H groups in total. The van der Waals surface area contributed by atoms with Crippen molar-refractivity contribution >= 4 is 15.6 Å². The molecule has 0 saturated carbocycles. The van der Waals surface area contributed by atoms with Crippen LogP contribution in [0.2, 0.25) is 0 Å². The third-order valence-electron chi connectivity index (χ3n) is 5.00. The number of rotatable bonds is 3. The van der Waals surface area contributed by atoms with Crippen LogP contribution in [0, 0.1) is 4.78 Å². The summed E-state index contributed by atoms with van der Waals surface area (Å²) >= 11 is 0. The molecule has 6 nitrogen and oxygen atoms in total. The second-order valence-corrected chi connectivity index (χ2v) is 9.17. The number of halogens is 3. The molecular weight excluding hydrogens is 357 g/mol. The summed E-state index contributed by atoms with van der Waals surface area (Å²) in [7, 11) is -2.71. The predicted molar refractivity (Wildman–Crippen MR) is 85.7 cm³/mol. The SMILES string of the molecule is N=S1(=O)CCCC2(CCCN2C(=O)c2ccnn2CCC(F)(F)F)C1. The highest BCUT2D eigenvalue weighted by Crippen LogP contribution is 2.39. The highest BCUT2D eigenvalue weighted by molar-refractivity contribution is 7.92. The molecule has 10 heteroatoms. The summed E-state index contributed by atoms with van der Waals surface area (Å²) in [6.45, 7) is 0.0619. The van der Waals surface area contributed by atoms with E-state index in [0.717, 1.165) is 11.1 Å². The molecule has 0 radical (unpaired) electrons. The Kier molecular flexibility index (Phi) is 4.59. The van der Waals surface area contributed by atoms with Crippen LogP contribution >= 0.6 is 0 Å². The molecule has 1 aromatic heterocycles. The molecule has 3 rings (SSSR count). The molecule has 1 aromatic rings. The number of hydrogen-bond acceptors (Lipinski definition) is 4. The molecule has 25 heavy (non-hydrogen) atoms. The summed E-state index contributed by atoms with van der Waals surface area (Å²) < 4.78 is 58.7. The van der Waals surface area contributed by atoms with Gasteiger partial charge in [0.05, 0.1) is 24.3 Å². The zero-order valence-corrected chi connectivity index (χ0v) is 14.5. The van der Waals surface area contributed by atoms with Crippen LogP contribution < -0.4 is 0 Å². The predicted octanol–water partition coefficient (Wildman–Crippen LogP) is 2.65. The molecule has 2 aliphatic rings. The van der Waals surface area contributed by atoms with Crippen molar-refractivity contribution in [2.75, 3.05) is 18.1 Å². The fourth-order valence-corrected chi connectivity index (χ4v) is 6.01. The zero-order chi connectivity index (χ0) is 18.3. The first-order valence-electron chi connectivity index (χ1n) is 8.27. The van der Waals surface area contributed by atoms with Gasteiger partial charge < -0.3 is 4.90 Å². The number of carbonyl (C=O) groups excluding carboxylic acids is 1. The Morgan fingerprint density at radius 2 is 2.08 bits per heavy atom. The highest BCUT2D eigenvalue weighted by Gasteiger charge is 2.48. The molecule has 3 heterocycles. The van der Waals surface area contributed by atoms with Crippen molar-refractivity contribution in [3.63, 3.8) is 0 Å². The molecule has 1 amide bonds. The second-order valence-electron chi connectivity index (χ2n) is 6.85. The summed E-state index contributed by atoms with van der Waals surface area (Å²) in [4.78, 5) is 14.6. The molecule has 0 aromatic carbocycles. The van der Waals surface area contributed by atoms with Gasteiger partial charge in [-0.15, -0.1) is 0 Å². The molecule has 2 unspecified atom stereocenters. The number of carbonyl (C=O) groups is 1. The minimum Gasteiger partial charge on any atom is -0.331 e. The number of amides is 1. The summed E-state index contributed by atoms with van der Waals surface area (Å²) in [5, 5.41) is 3.85. The minimum absolute atomic E-state index is 0.118. The van der Waals surface area contributed by atoms with Crippen LogP contribution in [-0.2, 0) is 16.3 Å².